The molecule has 6 nitrogen and oxygen atoms in total. The Morgan fingerprint density at radius 3 is 1.50 bits per heavy atom. The van der Waals surface area contributed by atoms with Crippen LogP contribution in [0, 0.1) is 0 Å². The van der Waals surface area contributed by atoms with Gasteiger partial charge in [-0.3, -0.25) is 14.4 Å². The summed E-state index contributed by atoms with van der Waals surface area (Å²) >= 11 is 0. The van der Waals surface area contributed by atoms with Crippen LogP contribution in [0.2, 0.25) is 0 Å². The van der Waals surface area contributed by atoms with E-state index in [1.165, 1.54) is 12.8 Å². The van der Waals surface area contributed by atoms with Crippen molar-refractivity contribution in [2.24, 2.45) is 0 Å². The zero-order chi connectivity index (χ0) is 18.0. The lowest BCUT2D eigenvalue weighted by molar-refractivity contribution is -0.137. The molecule has 24 heavy (non-hydrogen) atoms. The van der Waals surface area contributed by atoms with Gasteiger partial charge in [0.1, 0.15) is 0 Å². The van der Waals surface area contributed by atoms with Crippen molar-refractivity contribution in [2.45, 2.75) is 84.0 Å². The molecule has 0 aromatic rings. The van der Waals surface area contributed by atoms with E-state index < -0.39 is 5.97 Å². The zero-order valence-electron chi connectivity index (χ0n) is 15.1. The maximum atomic E-state index is 11.4. The number of rotatable bonds is 16. The van der Waals surface area contributed by atoms with Crippen LogP contribution >= 0.6 is 0 Å². The summed E-state index contributed by atoms with van der Waals surface area (Å²) in [6, 6.07) is 0. The van der Waals surface area contributed by atoms with Crippen LogP contribution in [0.1, 0.15) is 84.0 Å². The summed E-state index contributed by atoms with van der Waals surface area (Å²) in [4.78, 5) is 33.1. The van der Waals surface area contributed by atoms with Crippen molar-refractivity contribution in [1.82, 2.24) is 10.6 Å². The molecule has 0 aliphatic heterocycles. The lowest BCUT2D eigenvalue weighted by Crippen LogP contribution is -2.25. The molecule has 0 unspecified atom stereocenters. The Morgan fingerprint density at radius 1 is 0.667 bits per heavy atom. The molecule has 2 amide bonds. The van der Waals surface area contributed by atoms with Crippen LogP contribution in [0.5, 0.6) is 0 Å². The van der Waals surface area contributed by atoms with Gasteiger partial charge in [0.25, 0.3) is 0 Å². The summed E-state index contributed by atoms with van der Waals surface area (Å²) in [5.74, 6) is -0.784. The van der Waals surface area contributed by atoms with E-state index in [0.717, 1.165) is 51.5 Å². The number of carboxylic acids is 1. The van der Waals surface area contributed by atoms with Gasteiger partial charge >= 0.3 is 5.97 Å². The van der Waals surface area contributed by atoms with Crippen LogP contribution < -0.4 is 10.6 Å². The number of aliphatic carboxylic acids is 1. The standard InChI is InChI=1S/C18H34N2O4/c1-2-14-19-16(21)11-9-7-5-3-4-6-8-10-12-17(22)20-15-13-18(23)24/h2-15H2,1H3,(H,19,21)(H,20,22)(H,23,24). The Hall–Kier alpha value is -1.59. The molecule has 0 aliphatic carbocycles. The number of amides is 2. The van der Waals surface area contributed by atoms with Gasteiger partial charge in [0, 0.05) is 25.9 Å². The first-order valence-corrected chi connectivity index (χ1v) is 9.31. The van der Waals surface area contributed by atoms with Crippen LogP contribution in [0.15, 0.2) is 0 Å². The quantitative estimate of drug-likeness (QED) is 0.376. The van der Waals surface area contributed by atoms with Crippen molar-refractivity contribution in [1.29, 1.82) is 0 Å². The minimum Gasteiger partial charge on any atom is -0.481 e. The molecule has 0 aliphatic rings. The Labute approximate surface area is 145 Å². The fraction of sp³-hybridized carbons (Fsp3) is 0.833. The molecular formula is C18H34N2O4. The minimum atomic E-state index is -0.892. The molecule has 0 saturated heterocycles. The van der Waals surface area contributed by atoms with Crippen LogP contribution in [0.25, 0.3) is 0 Å². The highest BCUT2D eigenvalue weighted by molar-refractivity contribution is 5.76. The van der Waals surface area contributed by atoms with Gasteiger partial charge in [-0.05, 0) is 19.3 Å². The molecule has 0 atom stereocenters. The fourth-order valence-electron chi connectivity index (χ4n) is 2.38. The van der Waals surface area contributed by atoms with Crippen molar-refractivity contribution in [3.05, 3.63) is 0 Å². The first-order chi connectivity index (χ1) is 11.6. The van der Waals surface area contributed by atoms with E-state index in [4.69, 9.17) is 5.11 Å². The first kappa shape index (κ1) is 22.4. The number of carbonyl (C=O) groups is 3. The van der Waals surface area contributed by atoms with Crippen molar-refractivity contribution >= 4 is 17.8 Å². The topological polar surface area (TPSA) is 95.5 Å². The highest BCUT2D eigenvalue weighted by Gasteiger charge is 2.03. The van der Waals surface area contributed by atoms with E-state index in [0.29, 0.717) is 12.8 Å². The number of carboxylic acid groups (broad SMARTS) is 1. The maximum Gasteiger partial charge on any atom is 0.305 e. The second-order valence-corrected chi connectivity index (χ2v) is 6.17. The second-order valence-electron chi connectivity index (χ2n) is 6.17. The average Bonchev–Trinajstić information content (AvgIpc) is 2.54. The third kappa shape index (κ3) is 16.8. The Morgan fingerprint density at radius 2 is 1.08 bits per heavy atom. The van der Waals surface area contributed by atoms with E-state index in [2.05, 4.69) is 10.6 Å². The van der Waals surface area contributed by atoms with Crippen molar-refractivity contribution in [3.8, 4) is 0 Å². The highest BCUT2D eigenvalue weighted by Crippen LogP contribution is 2.10. The Balaban J connectivity index is 3.23. The normalized spacial score (nSPS) is 10.4. The van der Waals surface area contributed by atoms with Gasteiger partial charge in [0.05, 0.1) is 6.42 Å². The van der Waals surface area contributed by atoms with Crippen molar-refractivity contribution < 1.29 is 19.5 Å². The number of hydrogen-bond donors (Lipinski definition) is 3. The molecule has 0 spiro atoms. The largest absolute Gasteiger partial charge is 0.481 e. The monoisotopic (exact) mass is 342 g/mol. The summed E-state index contributed by atoms with van der Waals surface area (Å²) in [6.07, 6.45) is 10.7. The molecule has 0 rings (SSSR count). The predicted octanol–water partition coefficient (Wildman–Crippen LogP) is 3.00. The number of hydrogen-bond acceptors (Lipinski definition) is 3. The third-order valence-electron chi connectivity index (χ3n) is 3.79. The molecule has 0 fully saturated rings. The average molecular weight is 342 g/mol. The summed E-state index contributed by atoms with van der Waals surface area (Å²) in [7, 11) is 0. The van der Waals surface area contributed by atoms with Gasteiger partial charge in [-0.1, -0.05) is 45.4 Å². The van der Waals surface area contributed by atoms with Gasteiger partial charge < -0.3 is 15.7 Å². The molecule has 0 bridgehead atoms. The first-order valence-electron chi connectivity index (χ1n) is 9.31. The lowest BCUT2D eigenvalue weighted by Gasteiger charge is -2.05. The number of nitrogens with one attached hydrogen (secondary N) is 2. The minimum absolute atomic E-state index is 0.0218. The summed E-state index contributed by atoms with van der Waals surface area (Å²) < 4.78 is 0. The molecule has 3 N–H and O–H groups in total. The Kier molecular flexibility index (Phi) is 15.2. The third-order valence-corrected chi connectivity index (χ3v) is 3.79. The van der Waals surface area contributed by atoms with Crippen molar-refractivity contribution in [2.75, 3.05) is 13.1 Å². The van der Waals surface area contributed by atoms with E-state index in [1.54, 1.807) is 0 Å². The van der Waals surface area contributed by atoms with Crippen LogP contribution in [0.3, 0.4) is 0 Å². The van der Waals surface area contributed by atoms with Gasteiger partial charge in [-0.25, -0.2) is 0 Å². The van der Waals surface area contributed by atoms with Crippen LogP contribution in [-0.2, 0) is 14.4 Å². The molecule has 0 aromatic carbocycles. The highest BCUT2D eigenvalue weighted by atomic mass is 16.4. The van der Waals surface area contributed by atoms with Crippen LogP contribution in [-0.4, -0.2) is 36.0 Å². The Bertz CT molecular complexity index is 359. The number of carbonyl (C=O) groups excluding carboxylic acids is 2. The van der Waals surface area contributed by atoms with E-state index in [-0.39, 0.29) is 24.8 Å². The fourth-order valence-corrected chi connectivity index (χ4v) is 2.38. The van der Waals surface area contributed by atoms with Gasteiger partial charge in [0.15, 0.2) is 0 Å². The van der Waals surface area contributed by atoms with Gasteiger partial charge in [-0.2, -0.15) is 0 Å². The van der Waals surface area contributed by atoms with E-state index in [9.17, 15) is 14.4 Å². The predicted molar refractivity (Wildman–Crippen MR) is 94.7 cm³/mol. The van der Waals surface area contributed by atoms with Crippen molar-refractivity contribution in [3.63, 3.8) is 0 Å². The number of unbranched alkanes of at least 4 members (excludes halogenated alkanes) is 7. The maximum absolute atomic E-state index is 11.4. The van der Waals surface area contributed by atoms with Gasteiger partial charge in [0.2, 0.25) is 11.8 Å². The van der Waals surface area contributed by atoms with E-state index >= 15 is 0 Å². The second kappa shape index (κ2) is 16.3. The van der Waals surface area contributed by atoms with Crippen LogP contribution in [0.4, 0.5) is 0 Å². The smallest absolute Gasteiger partial charge is 0.305 e. The molecular weight excluding hydrogens is 308 g/mol. The lowest BCUT2D eigenvalue weighted by atomic mass is 10.1. The molecule has 0 heterocycles. The summed E-state index contributed by atoms with van der Waals surface area (Å²) in [5.41, 5.74) is 0. The molecule has 0 radical (unpaired) electrons. The molecule has 0 saturated carbocycles. The zero-order valence-corrected chi connectivity index (χ0v) is 15.1. The van der Waals surface area contributed by atoms with Gasteiger partial charge in [-0.15, -0.1) is 0 Å². The van der Waals surface area contributed by atoms with E-state index in [1.807, 2.05) is 6.92 Å². The molecule has 6 heteroatoms. The summed E-state index contributed by atoms with van der Waals surface area (Å²) in [6.45, 7) is 3.03. The summed E-state index contributed by atoms with van der Waals surface area (Å²) in [5, 5.41) is 14.0. The SMILES string of the molecule is CCCNC(=O)CCCCCCCCCCC(=O)NCCC(=O)O. The molecule has 140 valence electrons. The molecule has 0 aromatic heterocycles.